The Balaban J connectivity index is 1.58. The predicted molar refractivity (Wildman–Crippen MR) is 133 cm³/mol. The van der Waals surface area contributed by atoms with Crippen molar-refractivity contribution in [2.75, 3.05) is 25.1 Å². The maximum Gasteiger partial charge on any atom is 0.249 e. The van der Waals surface area contributed by atoms with Crippen LogP contribution in [0.15, 0.2) is 53.5 Å². The average molecular weight is 479 g/mol. The normalized spacial score (nSPS) is 15.4. The molecule has 2 aliphatic rings. The molecule has 2 heterocycles. The van der Waals surface area contributed by atoms with E-state index in [1.165, 1.54) is 10.4 Å². The van der Waals surface area contributed by atoms with Gasteiger partial charge in [0.15, 0.2) is 5.78 Å². The van der Waals surface area contributed by atoms with Crippen LogP contribution in [0.3, 0.4) is 0 Å². The van der Waals surface area contributed by atoms with Crippen molar-refractivity contribution in [2.45, 2.75) is 25.7 Å². The third-order valence-corrected chi connectivity index (χ3v) is 7.69. The van der Waals surface area contributed by atoms with Crippen molar-refractivity contribution in [3.8, 4) is 5.75 Å². The number of halogens is 1. The first kappa shape index (κ1) is 21.9. The van der Waals surface area contributed by atoms with Gasteiger partial charge in [-0.3, -0.25) is 19.5 Å². The van der Waals surface area contributed by atoms with E-state index < -0.39 is 0 Å². The number of aliphatic imine (C=N–C) groups is 1. The summed E-state index contributed by atoms with van der Waals surface area (Å²) in [4.78, 5) is 34.1. The number of aryl methyl sites for hydroxylation is 1. The molecule has 5 rings (SSSR count). The lowest BCUT2D eigenvalue weighted by Gasteiger charge is -2.20. The molecule has 2 aromatic carbocycles. The molecule has 3 aromatic rings. The molecule has 0 saturated carbocycles. The maximum atomic E-state index is 13.2. The van der Waals surface area contributed by atoms with E-state index in [1.54, 1.807) is 47.6 Å². The fourth-order valence-electron chi connectivity index (χ4n) is 4.44. The molecule has 0 atom stereocenters. The molecular weight excluding hydrogens is 456 g/mol. The summed E-state index contributed by atoms with van der Waals surface area (Å²) >= 11 is 7.74. The van der Waals surface area contributed by atoms with Crippen molar-refractivity contribution in [1.82, 2.24) is 0 Å². The Morgan fingerprint density at radius 2 is 1.94 bits per heavy atom. The second kappa shape index (κ2) is 9.12. The van der Waals surface area contributed by atoms with Crippen LogP contribution in [-0.2, 0) is 17.6 Å². The molecule has 1 amide bonds. The second-order valence-electron chi connectivity index (χ2n) is 8.20. The summed E-state index contributed by atoms with van der Waals surface area (Å²) in [6.45, 7) is -0.0265. The lowest BCUT2D eigenvalue weighted by Crippen LogP contribution is -2.36. The number of methoxy groups -OCH3 is 1. The van der Waals surface area contributed by atoms with Gasteiger partial charge in [-0.2, -0.15) is 0 Å². The van der Waals surface area contributed by atoms with E-state index in [0.29, 0.717) is 16.3 Å². The van der Waals surface area contributed by atoms with E-state index in [2.05, 4.69) is 0 Å². The molecule has 0 radical (unpaired) electrons. The number of carbonyl (C=O) groups excluding carboxylic acids is 2. The van der Waals surface area contributed by atoms with E-state index in [4.69, 9.17) is 21.3 Å². The van der Waals surface area contributed by atoms with Crippen LogP contribution in [-0.4, -0.2) is 37.6 Å². The molecular formula is C26H23ClN2O3S. The van der Waals surface area contributed by atoms with Crippen molar-refractivity contribution in [3.63, 3.8) is 0 Å². The van der Waals surface area contributed by atoms with E-state index in [9.17, 15) is 9.59 Å². The van der Waals surface area contributed by atoms with E-state index in [1.807, 2.05) is 24.3 Å². The summed E-state index contributed by atoms with van der Waals surface area (Å²) in [5.41, 5.74) is 4.53. The number of ketones is 1. The molecule has 168 valence electrons. The zero-order valence-corrected chi connectivity index (χ0v) is 19.8. The number of rotatable bonds is 5. The third kappa shape index (κ3) is 4.21. The molecule has 1 aliphatic heterocycles. The second-order valence-corrected chi connectivity index (χ2v) is 9.72. The van der Waals surface area contributed by atoms with Crippen molar-refractivity contribution >= 4 is 45.3 Å². The van der Waals surface area contributed by atoms with Gasteiger partial charge in [0.05, 0.1) is 19.4 Å². The topological polar surface area (TPSA) is 59.0 Å². The molecule has 0 unspecified atom stereocenters. The van der Waals surface area contributed by atoms with Crippen LogP contribution in [0.25, 0.3) is 0 Å². The van der Waals surface area contributed by atoms with Gasteiger partial charge in [0.1, 0.15) is 17.3 Å². The van der Waals surface area contributed by atoms with Gasteiger partial charge in [0.2, 0.25) is 5.91 Å². The zero-order chi connectivity index (χ0) is 22.9. The van der Waals surface area contributed by atoms with Crippen LogP contribution in [0.5, 0.6) is 5.75 Å². The Kier molecular flexibility index (Phi) is 6.04. The van der Waals surface area contributed by atoms with Crippen LogP contribution in [0, 0.1) is 0 Å². The summed E-state index contributed by atoms with van der Waals surface area (Å²) < 4.78 is 5.26. The number of Topliss-reactive ketones (excluding diaryl/α,β-unsaturated/α-hetero) is 1. The Morgan fingerprint density at radius 1 is 1.15 bits per heavy atom. The maximum absolute atomic E-state index is 13.2. The summed E-state index contributed by atoms with van der Waals surface area (Å²) in [7, 11) is 1.57. The van der Waals surface area contributed by atoms with Gasteiger partial charge >= 0.3 is 0 Å². The molecule has 0 bridgehead atoms. The van der Waals surface area contributed by atoms with Crippen molar-refractivity contribution < 1.29 is 14.3 Å². The monoisotopic (exact) mass is 478 g/mol. The number of hydrogen-bond acceptors (Lipinski definition) is 5. The van der Waals surface area contributed by atoms with Crippen LogP contribution in [0.2, 0.25) is 5.02 Å². The van der Waals surface area contributed by atoms with Gasteiger partial charge in [-0.25, -0.2) is 0 Å². The van der Waals surface area contributed by atoms with Crippen molar-refractivity contribution in [3.05, 3.63) is 80.7 Å². The first-order valence-electron chi connectivity index (χ1n) is 11.0. The van der Waals surface area contributed by atoms with Gasteiger partial charge in [0.25, 0.3) is 0 Å². The largest absolute Gasteiger partial charge is 0.497 e. The minimum atomic E-state index is -0.171. The fraction of sp³-hybridized carbons (Fsp3) is 0.269. The van der Waals surface area contributed by atoms with Gasteiger partial charge in [0, 0.05) is 26.6 Å². The van der Waals surface area contributed by atoms with Crippen LogP contribution in [0.4, 0.5) is 5.00 Å². The number of hydrogen-bond donors (Lipinski definition) is 0. The number of amides is 1. The Morgan fingerprint density at radius 3 is 2.73 bits per heavy atom. The van der Waals surface area contributed by atoms with Crippen LogP contribution in [0.1, 0.15) is 44.8 Å². The summed E-state index contributed by atoms with van der Waals surface area (Å²) in [5, 5.41) is 1.48. The van der Waals surface area contributed by atoms with Gasteiger partial charge in [-0.15, -0.1) is 11.3 Å². The quantitative estimate of drug-likeness (QED) is 0.464. The third-order valence-electron chi connectivity index (χ3n) is 6.12. The Bertz CT molecular complexity index is 1260. The number of nitrogens with zero attached hydrogens (tertiary/aromatic N) is 2. The first-order chi connectivity index (χ1) is 16.0. The van der Waals surface area contributed by atoms with Crippen molar-refractivity contribution in [1.29, 1.82) is 0 Å². The fourth-order valence-corrected chi connectivity index (χ4v) is 5.98. The molecule has 0 spiro atoms. The Labute approximate surface area is 201 Å². The summed E-state index contributed by atoms with van der Waals surface area (Å²) in [6.07, 6.45) is 4.20. The number of carbonyl (C=O) groups is 2. The molecule has 0 saturated heterocycles. The van der Waals surface area contributed by atoms with E-state index in [-0.39, 0.29) is 24.8 Å². The van der Waals surface area contributed by atoms with Gasteiger partial charge < -0.3 is 4.74 Å². The predicted octanol–water partition coefficient (Wildman–Crippen LogP) is 5.36. The molecule has 7 heteroatoms. The summed E-state index contributed by atoms with van der Waals surface area (Å²) in [6, 6.07) is 14.6. The lowest BCUT2D eigenvalue weighted by molar-refractivity contribution is -0.117. The summed E-state index contributed by atoms with van der Waals surface area (Å²) in [5.74, 6) is 0.313. The van der Waals surface area contributed by atoms with Gasteiger partial charge in [-0.1, -0.05) is 35.9 Å². The lowest BCUT2D eigenvalue weighted by atomic mass is 9.91. The number of benzene rings is 2. The van der Waals surface area contributed by atoms with Crippen molar-refractivity contribution in [2.24, 2.45) is 4.99 Å². The van der Waals surface area contributed by atoms with E-state index >= 15 is 0 Å². The molecule has 1 aliphatic carbocycles. The van der Waals surface area contributed by atoms with Crippen LogP contribution < -0.4 is 9.64 Å². The SMILES string of the molecule is COc1cccc(C(=O)CN2C(=O)CN=C(c3ccc(Cl)cc3)c3c2sc2c3CCCC2)c1. The molecule has 5 nitrogen and oxygen atoms in total. The highest BCUT2D eigenvalue weighted by molar-refractivity contribution is 7.17. The number of ether oxygens (including phenoxy) is 1. The molecule has 0 fully saturated rings. The smallest absolute Gasteiger partial charge is 0.249 e. The molecule has 33 heavy (non-hydrogen) atoms. The highest BCUT2D eigenvalue weighted by Gasteiger charge is 2.33. The average Bonchev–Trinajstić information content (AvgIpc) is 3.16. The highest BCUT2D eigenvalue weighted by atomic mass is 35.5. The van der Waals surface area contributed by atoms with E-state index in [0.717, 1.165) is 47.5 Å². The number of anilines is 1. The number of thiophene rings is 1. The first-order valence-corrected chi connectivity index (χ1v) is 12.2. The minimum absolute atomic E-state index is 0.000472. The Hall–Kier alpha value is -2.96. The minimum Gasteiger partial charge on any atom is -0.497 e. The molecule has 1 aromatic heterocycles. The zero-order valence-electron chi connectivity index (χ0n) is 18.3. The standard InChI is InChI=1S/C26H23ClN2O3S/c1-32-19-6-4-5-17(13-19)21(30)15-29-23(31)14-28-25(16-9-11-18(27)12-10-16)24-20-7-2-3-8-22(20)33-26(24)29/h4-6,9-13H,2-3,7-8,14-15H2,1H3. The highest BCUT2D eigenvalue weighted by Crippen LogP contribution is 2.42. The van der Waals surface area contributed by atoms with Crippen LogP contribution >= 0.6 is 22.9 Å². The van der Waals surface area contributed by atoms with Gasteiger partial charge in [-0.05, 0) is 55.5 Å². The molecule has 0 N–H and O–H groups in total. The number of fused-ring (bicyclic) bond motifs is 3.